The number of Topliss-reactive ketones (excluding diaryl/α,β-unsaturated/α-hetero) is 1. The van der Waals surface area contributed by atoms with Crippen molar-refractivity contribution in [1.82, 2.24) is 19.6 Å². The van der Waals surface area contributed by atoms with Crippen LogP contribution in [-0.2, 0) is 26.9 Å². The van der Waals surface area contributed by atoms with E-state index in [9.17, 15) is 4.79 Å². The molecule has 0 unspecified atom stereocenters. The van der Waals surface area contributed by atoms with Crippen LogP contribution in [0.2, 0.25) is 0 Å². The molecule has 0 saturated heterocycles. The first-order valence-corrected chi connectivity index (χ1v) is 6.06. The fraction of sp³-hybridized carbons (Fsp3) is 0.462. The SMILES string of the molecule is CCc1cc(CC(=O)c2cn(C)nc2C)n(C)n1. The lowest BCUT2D eigenvalue weighted by Gasteiger charge is -2.00. The van der Waals surface area contributed by atoms with Crippen molar-refractivity contribution in [3.63, 3.8) is 0 Å². The second kappa shape index (κ2) is 4.76. The highest BCUT2D eigenvalue weighted by Crippen LogP contribution is 2.11. The number of nitrogens with zero attached hydrogens (tertiary/aromatic N) is 4. The van der Waals surface area contributed by atoms with Gasteiger partial charge in [0.05, 0.1) is 23.4 Å². The van der Waals surface area contributed by atoms with Gasteiger partial charge < -0.3 is 0 Å². The standard InChI is InChI=1S/C13H18N4O/c1-5-10-6-11(17(4)15-10)7-13(18)12-8-16(3)14-9(12)2/h6,8H,5,7H2,1-4H3. The van der Waals surface area contributed by atoms with E-state index in [4.69, 9.17) is 0 Å². The highest BCUT2D eigenvalue weighted by molar-refractivity contribution is 5.98. The molecule has 0 N–H and O–H groups in total. The number of carbonyl (C=O) groups is 1. The zero-order valence-electron chi connectivity index (χ0n) is 11.3. The first kappa shape index (κ1) is 12.5. The lowest BCUT2D eigenvalue weighted by molar-refractivity contribution is 0.0990. The quantitative estimate of drug-likeness (QED) is 0.767. The van der Waals surface area contributed by atoms with Crippen LogP contribution in [0.15, 0.2) is 12.3 Å². The van der Waals surface area contributed by atoms with Crippen molar-refractivity contribution in [3.05, 3.63) is 34.9 Å². The Morgan fingerprint density at radius 3 is 2.56 bits per heavy atom. The summed E-state index contributed by atoms with van der Waals surface area (Å²) < 4.78 is 3.45. The molecule has 2 heterocycles. The van der Waals surface area contributed by atoms with E-state index in [-0.39, 0.29) is 5.78 Å². The van der Waals surface area contributed by atoms with Crippen LogP contribution in [0.5, 0.6) is 0 Å². The molecule has 2 rings (SSSR count). The van der Waals surface area contributed by atoms with Crippen LogP contribution in [-0.4, -0.2) is 25.3 Å². The maximum atomic E-state index is 12.2. The van der Waals surface area contributed by atoms with E-state index in [0.29, 0.717) is 12.0 Å². The molecule has 2 aromatic heterocycles. The predicted molar refractivity (Wildman–Crippen MR) is 68.6 cm³/mol. The number of ketones is 1. The van der Waals surface area contributed by atoms with Crippen LogP contribution in [0, 0.1) is 6.92 Å². The lowest BCUT2D eigenvalue weighted by atomic mass is 10.1. The predicted octanol–water partition coefficient (Wildman–Crippen LogP) is 1.45. The first-order valence-electron chi connectivity index (χ1n) is 6.06. The van der Waals surface area contributed by atoms with Crippen molar-refractivity contribution >= 4 is 5.78 Å². The molecular weight excluding hydrogens is 228 g/mol. The van der Waals surface area contributed by atoms with Gasteiger partial charge >= 0.3 is 0 Å². The van der Waals surface area contributed by atoms with Gasteiger partial charge in [0.15, 0.2) is 5.78 Å². The zero-order chi connectivity index (χ0) is 13.3. The Labute approximate surface area is 106 Å². The van der Waals surface area contributed by atoms with Gasteiger partial charge in [0.2, 0.25) is 0 Å². The second-order valence-corrected chi connectivity index (χ2v) is 4.51. The molecule has 5 heteroatoms. The van der Waals surface area contributed by atoms with Gasteiger partial charge in [0.25, 0.3) is 0 Å². The molecule has 0 spiro atoms. The molecule has 0 aliphatic rings. The number of rotatable bonds is 4. The summed E-state index contributed by atoms with van der Waals surface area (Å²) in [4.78, 5) is 12.2. The molecule has 0 aromatic carbocycles. The van der Waals surface area contributed by atoms with Crippen molar-refractivity contribution in [2.45, 2.75) is 26.7 Å². The number of carbonyl (C=O) groups excluding carboxylic acids is 1. The van der Waals surface area contributed by atoms with E-state index in [1.165, 1.54) is 0 Å². The van der Waals surface area contributed by atoms with Crippen LogP contribution < -0.4 is 0 Å². The fourth-order valence-corrected chi connectivity index (χ4v) is 2.04. The molecule has 0 atom stereocenters. The highest BCUT2D eigenvalue weighted by atomic mass is 16.1. The van der Waals surface area contributed by atoms with Crippen LogP contribution in [0.4, 0.5) is 0 Å². The average Bonchev–Trinajstić information content (AvgIpc) is 2.82. The molecule has 0 aliphatic carbocycles. The molecule has 2 aromatic rings. The largest absolute Gasteiger partial charge is 0.294 e. The summed E-state index contributed by atoms with van der Waals surface area (Å²) in [5, 5.41) is 8.54. The summed E-state index contributed by atoms with van der Waals surface area (Å²) >= 11 is 0. The molecule has 0 bridgehead atoms. The van der Waals surface area contributed by atoms with Gasteiger partial charge in [-0.15, -0.1) is 0 Å². The van der Waals surface area contributed by atoms with E-state index in [2.05, 4.69) is 17.1 Å². The summed E-state index contributed by atoms with van der Waals surface area (Å²) in [7, 11) is 3.70. The van der Waals surface area contributed by atoms with Gasteiger partial charge in [0.1, 0.15) is 0 Å². The summed E-state index contributed by atoms with van der Waals surface area (Å²) in [6.07, 6.45) is 3.03. The van der Waals surface area contributed by atoms with Crippen molar-refractivity contribution in [2.24, 2.45) is 14.1 Å². The van der Waals surface area contributed by atoms with E-state index < -0.39 is 0 Å². The Kier molecular flexibility index (Phi) is 3.32. The second-order valence-electron chi connectivity index (χ2n) is 4.51. The topological polar surface area (TPSA) is 52.7 Å². The van der Waals surface area contributed by atoms with Crippen LogP contribution in [0.25, 0.3) is 0 Å². The molecular formula is C13H18N4O. The monoisotopic (exact) mass is 246 g/mol. The van der Waals surface area contributed by atoms with Gasteiger partial charge in [-0.2, -0.15) is 10.2 Å². The summed E-state index contributed by atoms with van der Waals surface area (Å²) in [6, 6.07) is 1.99. The molecule has 0 radical (unpaired) electrons. The highest BCUT2D eigenvalue weighted by Gasteiger charge is 2.15. The molecule has 5 nitrogen and oxygen atoms in total. The number of aromatic nitrogens is 4. The third-order valence-corrected chi connectivity index (χ3v) is 3.05. The van der Waals surface area contributed by atoms with E-state index in [0.717, 1.165) is 23.5 Å². The van der Waals surface area contributed by atoms with Crippen molar-refractivity contribution < 1.29 is 4.79 Å². The van der Waals surface area contributed by atoms with Gasteiger partial charge in [-0.1, -0.05) is 6.92 Å². The Hall–Kier alpha value is -1.91. The maximum absolute atomic E-state index is 12.2. The Morgan fingerprint density at radius 2 is 2.06 bits per heavy atom. The Balaban J connectivity index is 2.21. The number of hydrogen-bond acceptors (Lipinski definition) is 3. The third-order valence-electron chi connectivity index (χ3n) is 3.05. The number of aryl methyl sites for hydroxylation is 4. The van der Waals surface area contributed by atoms with Gasteiger partial charge in [0, 0.05) is 26.0 Å². The van der Waals surface area contributed by atoms with Gasteiger partial charge in [-0.05, 0) is 19.4 Å². The molecule has 0 aliphatic heterocycles. The zero-order valence-corrected chi connectivity index (χ0v) is 11.3. The van der Waals surface area contributed by atoms with Crippen molar-refractivity contribution in [1.29, 1.82) is 0 Å². The van der Waals surface area contributed by atoms with Crippen molar-refractivity contribution in [3.8, 4) is 0 Å². The van der Waals surface area contributed by atoms with Crippen LogP contribution in [0.1, 0.15) is 34.4 Å². The van der Waals surface area contributed by atoms with Gasteiger partial charge in [-0.25, -0.2) is 0 Å². The molecule has 0 amide bonds. The Bertz CT molecular complexity index is 580. The van der Waals surface area contributed by atoms with Gasteiger partial charge in [-0.3, -0.25) is 14.2 Å². The first-order chi connectivity index (χ1) is 8.51. The molecule has 96 valence electrons. The smallest absolute Gasteiger partial charge is 0.172 e. The van der Waals surface area contributed by atoms with Crippen LogP contribution in [0.3, 0.4) is 0 Å². The van der Waals surface area contributed by atoms with E-state index in [1.807, 2.05) is 27.1 Å². The molecule has 0 saturated carbocycles. The lowest BCUT2D eigenvalue weighted by Crippen LogP contribution is -2.08. The van der Waals surface area contributed by atoms with E-state index >= 15 is 0 Å². The maximum Gasteiger partial charge on any atom is 0.172 e. The van der Waals surface area contributed by atoms with Crippen molar-refractivity contribution in [2.75, 3.05) is 0 Å². The molecule has 18 heavy (non-hydrogen) atoms. The summed E-state index contributed by atoms with van der Waals surface area (Å²) in [6.45, 7) is 3.91. The average molecular weight is 246 g/mol. The minimum atomic E-state index is 0.0891. The van der Waals surface area contributed by atoms with Crippen LogP contribution >= 0.6 is 0 Å². The minimum absolute atomic E-state index is 0.0891. The molecule has 0 fully saturated rings. The normalized spacial score (nSPS) is 10.9. The fourth-order valence-electron chi connectivity index (χ4n) is 2.04. The minimum Gasteiger partial charge on any atom is -0.294 e. The van der Waals surface area contributed by atoms with E-state index in [1.54, 1.807) is 15.6 Å². The summed E-state index contributed by atoms with van der Waals surface area (Å²) in [5.41, 5.74) is 3.43. The summed E-state index contributed by atoms with van der Waals surface area (Å²) in [5.74, 6) is 0.0891. The Morgan fingerprint density at radius 1 is 1.33 bits per heavy atom. The number of hydrogen-bond donors (Lipinski definition) is 0. The third kappa shape index (κ3) is 2.34.